The highest BCUT2D eigenvalue weighted by atomic mass is 32.2. The highest BCUT2D eigenvalue weighted by molar-refractivity contribution is 7.99. The second-order valence-corrected chi connectivity index (χ2v) is 8.17. The summed E-state index contributed by atoms with van der Waals surface area (Å²) in [6, 6.07) is 17.0. The lowest BCUT2D eigenvalue weighted by Crippen LogP contribution is -2.31. The number of hydrogen-bond acceptors (Lipinski definition) is 4. The van der Waals surface area contributed by atoms with Crippen LogP contribution in [0.15, 0.2) is 59.8 Å². The smallest absolute Gasteiger partial charge is 0.191 e. The van der Waals surface area contributed by atoms with Crippen LogP contribution in [0.25, 0.3) is 11.4 Å². The molecule has 0 aliphatic carbocycles. The second kappa shape index (κ2) is 9.34. The Bertz CT molecular complexity index is 891. The number of rotatable bonds is 7. The molecular weight excluding hydrogens is 371 g/mol. The van der Waals surface area contributed by atoms with Crippen LogP contribution in [0.4, 0.5) is 4.39 Å². The normalized spacial score (nSPS) is 15.0. The van der Waals surface area contributed by atoms with Gasteiger partial charge >= 0.3 is 0 Å². The molecule has 2 heterocycles. The second-order valence-electron chi connectivity index (χ2n) is 7.11. The van der Waals surface area contributed by atoms with E-state index < -0.39 is 0 Å². The summed E-state index contributed by atoms with van der Waals surface area (Å²) in [6.45, 7) is 4.07. The van der Waals surface area contributed by atoms with E-state index in [1.54, 1.807) is 23.9 Å². The van der Waals surface area contributed by atoms with Crippen LogP contribution < -0.4 is 0 Å². The van der Waals surface area contributed by atoms with Crippen molar-refractivity contribution in [3.63, 3.8) is 0 Å². The van der Waals surface area contributed by atoms with Crippen LogP contribution in [0.3, 0.4) is 0 Å². The Morgan fingerprint density at radius 1 is 0.893 bits per heavy atom. The molecule has 0 bridgehead atoms. The zero-order valence-corrected chi connectivity index (χ0v) is 16.7. The first-order chi connectivity index (χ1) is 13.8. The third-order valence-corrected chi connectivity index (χ3v) is 6.05. The van der Waals surface area contributed by atoms with Crippen LogP contribution in [0.5, 0.6) is 0 Å². The number of likely N-dealkylation sites (tertiary alicyclic amines) is 1. The van der Waals surface area contributed by atoms with Crippen molar-refractivity contribution >= 4 is 11.8 Å². The molecule has 1 aromatic heterocycles. The summed E-state index contributed by atoms with van der Waals surface area (Å²) in [5.74, 6) is 1.28. The van der Waals surface area contributed by atoms with Crippen LogP contribution in [-0.4, -0.2) is 45.1 Å². The number of thioether (sulfide) groups is 1. The largest absolute Gasteiger partial charge is 0.303 e. The molecule has 4 rings (SSSR count). The third kappa shape index (κ3) is 4.62. The average Bonchev–Trinajstić information content (AvgIpc) is 3.12. The van der Waals surface area contributed by atoms with Gasteiger partial charge in [0.1, 0.15) is 5.82 Å². The van der Waals surface area contributed by atoms with E-state index in [9.17, 15) is 4.39 Å². The fourth-order valence-corrected chi connectivity index (χ4v) is 4.53. The molecule has 1 fully saturated rings. The van der Waals surface area contributed by atoms with Crippen LogP contribution in [0.2, 0.25) is 0 Å². The molecule has 0 N–H and O–H groups in total. The Labute approximate surface area is 169 Å². The summed E-state index contributed by atoms with van der Waals surface area (Å²) in [5.41, 5.74) is 1.64. The van der Waals surface area contributed by atoms with Gasteiger partial charge in [-0.25, -0.2) is 4.39 Å². The Kier molecular flexibility index (Phi) is 6.39. The number of benzene rings is 2. The highest BCUT2D eigenvalue weighted by Gasteiger charge is 2.18. The van der Waals surface area contributed by atoms with Crippen LogP contribution in [0.1, 0.15) is 24.8 Å². The summed E-state index contributed by atoms with van der Waals surface area (Å²) in [6.07, 6.45) is 3.94. The molecule has 2 aromatic carbocycles. The van der Waals surface area contributed by atoms with E-state index in [2.05, 4.69) is 27.2 Å². The first-order valence-electron chi connectivity index (χ1n) is 9.88. The maximum absolute atomic E-state index is 14.4. The maximum atomic E-state index is 14.4. The van der Waals surface area contributed by atoms with Crippen molar-refractivity contribution in [2.24, 2.45) is 0 Å². The molecule has 0 radical (unpaired) electrons. The molecule has 1 aliphatic rings. The minimum atomic E-state index is -0.269. The molecule has 6 heteroatoms. The third-order valence-electron chi connectivity index (χ3n) is 5.10. The first kappa shape index (κ1) is 19.2. The molecule has 0 unspecified atom stereocenters. The lowest BCUT2D eigenvalue weighted by atomic mass is 10.1. The molecule has 4 nitrogen and oxygen atoms in total. The van der Waals surface area contributed by atoms with Gasteiger partial charge in [-0.05, 0) is 43.6 Å². The molecule has 28 heavy (non-hydrogen) atoms. The Morgan fingerprint density at radius 3 is 2.43 bits per heavy atom. The Hall–Kier alpha value is -2.18. The highest BCUT2D eigenvalue weighted by Crippen LogP contribution is 2.27. The molecule has 146 valence electrons. The maximum Gasteiger partial charge on any atom is 0.191 e. The molecule has 3 aromatic rings. The van der Waals surface area contributed by atoms with Gasteiger partial charge in [0.05, 0.1) is 12.1 Å². The molecular formula is C22H25FN4S. The summed E-state index contributed by atoms with van der Waals surface area (Å²) >= 11 is 1.71. The summed E-state index contributed by atoms with van der Waals surface area (Å²) in [4.78, 5) is 2.52. The predicted molar refractivity (Wildman–Crippen MR) is 112 cm³/mol. The van der Waals surface area contributed by atoms with E-state index in [-0.39, 0.29) is 5.82 Å². The van der Waals surface area contributed by atoms with Gasteiger partial charge < -0.3 is 4.90 Å². The first-order valence-corrected chi connectivity index (χ1v) is 10.9. The van der Waals surface area contributed by atoms with Crippen molar-refractivity contribution in [1.29, 1.82) is 0 Å². The molecule has 1 aliphatic heterocycles. The average molecular weight is 397 g/mol. The lowest BCUT2D eigenvalue weighted by Gasteiger charge is -2.25. The van der Waals surface area contributed by atoms with E-state index in [0.717, 1.165) is 23.0 Å². The van der Waals surface area contributed by atoms with Crippen LogP contribution >= 0.6 is 11.8 Å². The minimum Gasteiger partial charge on any atom is -0.303 e. The number of aromatic nitrogens is 3. The van der Waals surface area contributed by atoms with Crippen molar-refractivity contribution in [2.75, 3.05) is 25.4 Å². The zero-order valence-electron chi connectivity index (χ0n) is 15.9. The quantitative estimate of drug-likeness (QED) is 0.542. The van der Waals surface area contributed by atoms with Crippen molar-refractivity contribution < 1.29 is 4.39 Å². The minimum absolute atomic E-state index is 0.269. The topological polar surface area (TPSA) is 34.0 Å². The van der Waals surface area contributed by atoms with E-state index in [1.165, 1.54) is 38.4 Å². The van der Waals surface area contributed by atoms with Gasteiger partial charge in [-0.15, -0.1) is 10.2 Å². The SMILES string of the molecule is Fc1ccccc1-c1nnc(SCCN2CCCCC2)n1Cc1ccccc1. The van der Waals surface area contributed by atoms with Crippen molar-refractivity contribution in [2.45, 2.75) is 31.0 Å². The number of hydrogen-bond donors (Lipinski definition) is 0. The van der Waals surface area contributed by atoms with Gasteiger partial charge in [-0.3, -0.25) is 4.57 Å². The number of halogens is 1. The van der Waals surface area contributed by atoms with Gasteiger partial charge in [0, 0.05) is 12.3 Å². The van der Waals surface area contributed by atoms with Gasteiger partial charge in [-0.2, -0.15) is 0 Å². The van der Waals surface area contributed by atoms with E-state index in [1.807, 2.05) is 28.8 Å². The summed E-state index contributed by atoms with van der Waals surface area (Å²) < 4.78 is 16.4. The predicted octanol–water partition coefficient (Wildman–Crippen LogP) is 4.71. The van der Waals surface area contributed by atoms with Gasteiger partial charge in [0.15, 0.2) is 11.0 Å². The monoisotopic (exact) mass is 396 g/mol. The summed E-state index contributed by atoms with van der Waals surface area (Å²) in [7, 11) is 0. The fourth-order valence-electron chi connectivity index (χ4n) is 3.59. The van der Waals surface area contributed by atoms with Crippen LogP contribution in [0, 0.1) is 5.82 Å². The van der Waals surface area contributed by atoms with Gasteiger partial charge in [0.25, 0.3) is 0 Å². The molecule has 0 spiro atoms. The number of piperidine rings is 1. The van der Waals surface area contributed by atoms with E-state index in [0.29, 0.717) is 17.9 Å². The van der Waals surface area contributed by atoms with Crippen LogP contribution in [-0.2, 0) is 6.54 Å². The number of nitrogens with zero attached hydrogens (tertiary/aromatic N) is 4. The van der Waals surface area contributed by atoms with E-state index in [4.69, 9.17) is 0 Å². The van der Waals surface area contributed by atoms with Crippen molar-refractivity contribution in [3.8, 4) is 11.4 Å². The lowest BCUT2D eigenvalue weighted by molar-refractivity contribution is 0.242. The molecule has 0 amide bonds. The zero-order chi connectivity index (χ0) is 19.2. The standard InChI is InChI=1S/C22H25FN4S/c23-20-12-6-5-11-19(20)21-24-25-22(27(21)17-18-9-3-1-4-10-18)28-16-15-26-13-7-2-8-14-26/h1,3-6,9-12H,2,7-8,13-17H2. The van der Waals surface area contributed by atoms with Crippen molar-refractivity contribution in [1.82, 2.24) is 19.7 Å². The molecule has 0 saturated carbocycles. The Balaban J connectivity index is 1.56. The Morgan fingerprint density at radius 2 is 1.64 bits per heavy atom. The van der Waals surface area contributed by atoms with Gasteiger partial charge in [-0.1, -0.05) is 60.6 Å². The van der Waals surface area contributed by atoms with Gasteiger partial charge in [0.2, 0.25) is 0 Å². The fraction of sp³-hybridized carbons (Fsp3) is 0.364. The molecule has 0 atom stereocenters. The van der Waals surface area contributed by atoms with E-state index >= 15 is 0 Å². The van der Waals surface area contributed by atoms with Crippen molar-refractivity contribution in [3.05, 3.63) is 66.0 Å². The summed E-state index contributed by atoms with van der Waals surface area (Å²) in [5, 5.41) is 9.60. The molecule has 1 saturated heterocycles.